The summed E-state index contributed by atoms with van der Waals surface area (Å²) in [6, 6.07) is 9.84. The van der Waals surface area contributed by atoms with Gasteiger partial charge in [0.1, 0.15) is 18.1 Å². The van der Waals surface area contributed by atoms with Crippen LogP contribution in [0.4, 0.5) is 5.69 Å². The number of likely N-dealkylation sites (tertiary alicyclic amines) is 1. The van der Waals surface area contributed by atoms with Gasteiger partial charge in [-0.3, -0.25) is 9.69 Å². The van der Waals surface area contributed by atoms with Crippen LogP contribution in [0.1, 0.15) is 52.7 Å². The van der Waals surface area contributed by atoms with Crippen LogP contribution in [0, 0.1) is 6.92 Å². The van der Waals surface area contributed by atoms with E-state index in [1.54, 1.807) is 6.07 Å². The van der Waals surface area contributed by atoms with Gasteiger partial charge in [0.2, 0.25) is 0 Å². The smallest absolute Gasteiger partial charge is 0.252 e. The van der Waals surface area contributed by atoms with Gasteiger partial charge in [0.25, 0.3) is 5.91 Å². The third-order valence-corrected chi connectivity index (χ3v) is 7.11. The Hall–Kier alpha value is -2.73. The maximum atomic E-state index is 13.3. The lowest BCUT2D eigenvalue weighted by Gasteiger charge is -2.37. The second-order valence-electron chi connectivity index (χ2n) is 9.30. The molecule has 1 atom stereocenters. The average Bonchev–Trinajstić information content (AvgIpc) is 3.53. The molecule has 1 aliphatic carbocycles. The van der Waals surface area contributed by atoms with E-state index < -0.39 is 5.54 Å². The molecule has 2 fully saturated rings. The first-order chi connectivity index (χ1) is 14.9. The molecule has 6 nitrogen and oxygen atoms in total. The van der Waals surface area contributed by atoms with Crippen LogP contribution >= 0.6 is 0 Å². The number of rotatable bonds is 6. The summed E-state index contributed by atoms with van der Waals surface area (Å²) in [5.41, 5.74) is 4.46. The van der Waals surface area contributed by atoms with Crippen LogP contribution in [0.5, 0.6) is 11.5 Å². The largest absolute Gasteiger partial charge is 0.508 e. The molecule has 2 aromatic carbocycles. The molecule has 2 aromatic rings. The van der Waals surface area contributed by atoms with Gasteiger partial charge < -0.3 is 20.5 Å². The highest BCUT2D eigenvalue weighted by atomic mass is 16.5. The summed E-state index contributed by atoms with van der Waals surface area (Å²) in [6.07, 6.45) is 4.95. The molecule has 5 rings (SSSR count). The number of fused-ring (bicyclic) bond motifs is 1. The van der Waals surface area contributed by atoms with Crippen molar-refractivity contribution in [1.29, 1.82) is 0 Å². The second kappa shape index (κ2) is 7.75. The summed E-state index contributed by atoms with van der Waals surface area (Å²) >= 11 is 0. The Balaban J connectivity index is 1.35. The van der Waals surface area contributed by atoms with E-state index in [9.17, 15) is 9.90 Å². The van der Waals surface area contributed by atoms with Crippen molar-refractivity contribution >= 4 is 11.6 Å². The van der Waals surface area contributed by atoms with Crippen molar-refractivity contribution in [2.45, 2.75) is 50.6 Å². The van der Waals surface area contributed by atoms with Gasteiger partial charge in [0.15, 0.2) is 0 Å². The number of carbonyl (C=O) groups excluding carboxylic acids is 1. The maximum Gasteiger partial charge on any atom is 0.252 e. The highest BCUT2D eigenvalue weighted by Crippen LogP contribution is 2.50. The van der Waals surface area contributed by atoms with Crippen LogP contribution in [0.25, 0.3) is 0 Å². The number of amides is 1. The summed E-state index contributed by atoms with van der Waals surface area (Å²) in [7, 11) is 2.11. The lowest BCUT2D eigenvalue weighted by molar-refractivity contribution is 0.0767. The molecule has 0 spiro atoms. The number of nitrogens with one attached hydrogen (secondary N) is 2. The normalized spacial score (nSPS) is 21.4. The van der Waals surface area contributed by atoms with Crippen molar-refractivity contribution in [1.82, 2.24) is 10.2 Å². The molecule has 31 heavy (non-hydrogen) atoms. The third-order valence-electron chi connectivity index (χ3n) is 7.11. The van der Waals surface area contributed by atoms with Gasteiger partial charge in [0, 0.05) is 29.9 Å². The number of phenolic OH excluding ortho intramolecular Hbond substituents is 1. The number of likely N-dealkylation sites (N-methyl/N-ethyl adjacent to an activating group) is 1. The average molecular weight is 422 g/mol. The number of ether oxygens (including phenoxy) is 1. The van der Waals surface area contributed by atoms with Crippen molar-refractivity contribution in [2.75, 3.05) is 32.1 Å². The first-order valence-corrected chi connectivity index (χ1v) is 11.3. The predicted octanol–water partition coefficient (Wildman–Crippen LogP) is 3.56. The number of phenols is 1. The van der Waals surface area contributed by atoms with E-state index in [2.05, 4.69) is 22.6 Å². The molecule has 164 valence electrons. The Bertz CT molecular complexity index is 1020. The number of aryl methyl sites for hydroxylation is 1. The summed E-state index contributed by atoms with van der Waals surface area (Å²) in [5.74, 6) is 0.901. The van der Waals surface area contributed by atoms with E-state index in [1.807, 2.05) is 31.2 Å². The van der Waals surface area contributed by atoms with Crippen molar-refractivity contribution < 1.29 is 14.6 Å². The molecule has 1 saturated carbocycles. The van der Waals surface area contributed by atoms with Crippen LogP contribution in [-0.2, 0) is 12.0 Å². The maximum absolute atomic E-state index is 13.3. The van der Waals surface area contributed by atoms with Crippen molar-refractivity contribution in [3.63, 3.8) is 0 Å². The minimum absolute atomic E-state index is 0.0814. The molecule has 0 radical (unpaired) electrons. The van der Waals surface area contributed by atoms with Crippen molar-refractivity contribution in [3.05, 3.63) is 52.6 Å². The van der Waals surface area contributed by atoms with Crippen LogP contribution < -0.4 is 15.4 Å². The fourth-order valence-corrected chi connectivity index (χ4v) is 4.78. The fourth-order valence-electron chi connectivity index (χ4n) is 4.78. The Morgan fingerprint density at radius 1 is 1.32 bits per heavy atom. The molecule has 1 amide bonds. The standard InChI is InChI=1S/C25H31N3O3/c1-16-5-6-19(31-15-17-7-11-28(17)2)14-21(16)24(30)27-25(8-9-25)22-12-18(29)13-23-20(22)4-3-10-26-23/h5-6,12-14,17,26,29H,3-4,7-11,15H2,1-2H3,(H,27,30)/t17-/m0/s1. The van der Waals surface area contributed by atoms with Crippen molar-refractivity contribution in [3.8, 4) is 11.5 Å². The molecule has 2 heterocycles. The van der Waals surface area contributed by atoms with Crippen molar-refractivity contribution in [2.24, 2.45) is 0 Å². The summed E-state index contributed by atoms with van der Waals surface area (Å²) in [5, 5.41) is 17.0. The number of anilines is 1. The van der Waals surface area contributed by atoms with Crippen LogP contribution in [0.2, 0.25) is 0 Å². The summed E-state index contributed by atoms with van der Waals surface area (Å²) < 4.78 is 5.98. The number of nitrogens with zero attached hydrogens (tertiary/aromatic N) is 1. The van der Waals surface area contributed by atoms with Gasteiger partial charge in [-0.2, -0.15) is 0 Å². The molecule has 6 heteroatoms. The quantitative estimate of drug-likeness (QED) is 0.665. The van der Waals surface area contributed by atoms with E-state index in [4.69, 9.17) is 4.74 Å². The first kappa shape index (κ1) is 20.2. The van der Waals surface area contributed by atoms with Gasteiger partial charge in [-0.15, -0.1) is 0 Å². The Labute approximate surface area is 183 Å². The fraction of sp³-hybridized carbons (Fsp3) is 0.480. The lowest BCUT2D eigenvalue weighted by Crippen LogP contribution is -2.48. The SMILES string of the molecule is Cc1ccc(OC[C@@H]2CCN2C)cc1C(=O)NC1(c2cc(O)cc3c2CCCN3)CC1. The molecule has 2 aliphatic heterocycles. The molecule has 3 N–H and O–H groups in total. The van der Waals surface area contributed by atoms with Gasteiger partial charge in [0.05, 0.1) is 5.54 Å². The van der Waals surface area contributed by atoms with Gasteiger partial charge >= 0.3 is 0 Å². The number of aromatic hydroxyl groups is 1. The highest BCUT2D eigenvalue weighted by molar-refractivity contribution is 5.97. The van der Waals surface area contributed by atoms with E-state index in [0.29, 0.717) is 18.2 Å². The minimum atomic E-state index is -0.392. The molecular formula is C25H31N3O3. The molecule has 0 bridgehead atoms. The van der Waals surface area contributed by atoms with Gasteiger partial charge in [-0.1, -0.05) is 6.07 Å². The molecule has 0 aromatic heterocycles. The van der Waals surface area contributed by atoms with Crippen LogP contribution in [0.3, 0.4) is 0 Å². The Morgan fingerprint density at radius 3 is 2.87 bits per heavy atom. The zero-order valence-corrected chi connectivity index (χ0v) is 18.3. The number of hydrogen-bond acceptors (Lipinski definition) is 5. The zero-order valence-electron chi connectivity index (χ0n) is 18.3. The van der Waals surface area contributed by atoms with E-state index in [0.717, 1.165) is 67.8 Å². The van der Waals surface area contributed by atoms with E-state index in [-0.39, 0.29) is 11.7 Å². The summed E-state index contributed by atoms with van der Waals surface area (Å²) in [6.45, 7) is 4.63. The minimum Gasteiger partial charge on any atom is -0.508 e. The highest BCUT2D eigenvalue weighted by Gasteiger charge is 2.48. The Morgan fingerprint density at radius 2 is 2.16 bits per heavy atom. The molecule has 0 unspecified atom stereocenters. The summed E-state index contributed by atoms with van der Waals surface area (Å²) in [4.78, 5) is 15.6. The lowest BCUT2D eigenvalue weighted by atomic mass is 9.91. The zero-order chi connectivity index (χ0) is 21.6. The van der Waals surface area contributed by atoms with Gasteiger partial charge in [-0.25, -0.2) is 0 Å². The number of benzene rings is 2. The topological polar surface area (TPSA) is 73.8 Å². The molecular weight excluding hydrogens is 390 g/mol. The van der Waals surface area contributed by atoms with Crippen LogP contribution in [0.15, 0.2) is 30.3 Å². The first-order valence-electron chi connectivity index (χ1n) is 11.3. The predicted molar refractivity (Wildman–Crippen MR) is 121 cm³/mol. The molecule has 3 aliphatic rings. The Kier molecular flexibility index (Phi) is 5.05. The molecule has 1 saturated heterocycles. The third kappa shape index (κ3) is 3.85. The van der Waals surface area contributed by atoms with E-state index in [1.165, 1.54) is 5.56 Å². The monoisotopic (exact) mass is 421 g/mol. The second-order valence-corrected chi connectivity index (χ2v) is 9.30. The number of hydrogen-bond donors (Lipinski definition) is 3. The van der Waals surface area contributed by atoms with Gasteiger partial charge in [-0.05, 0) is 87.5 Å². The van der Waals surface area contributed by atoms with Crippen LogP contribution in [-0.4, -0.2) is 48.7 Å². The number of carbonyl (C=O) groups is 1. The van der Waals surface area contributed by atoms with E-state index >= 15 is 0 Å².